The molecule has 0 spiro atoms. The molecule has 0 atom stereocenters. The van der Waals surface area contributed by atoms with Gasteiger partial charge in [0, 0.05) is 30.4 Å². The first-order valence-electron chi connectivity index (χ1n) is 10.7. The van der Waals surface area contributed by atoms with Gasteiger partial charge in [-0.05, 0) is 42.8 Å². The second kappa shape index (κ2) is 9.76. The summed E-state index contributed by atoms with van der Waals surface area (Å²) >= 11 is 0. The number of rotatable bonds is 8. The first-order valence-corrected chi connectivity index (χ1v) is 10.7. The number of nitrogens with zero attached hydrogens (tertiary/aromatic N) is 2. The van der Waals surface area contributed by atoms with Crippen LogP contribution in [0.4, 0.5) is 23.2 Å². The van der Waals surface area contributed by atoms with Crippen molar-refractivity contribution in [1.29, 1.82) is 0 Å². The number of nitrogens with one attached hydrogen (secondary N) is 1. The van der Waals surface area contributed by atoms with E-state index in [1.165, 1.54) is 37.7 Å². The molecule has 0 saturated carbocycles. The lowest BCUT2D eigenvalue weighted by Gasteiger charge is -2.14. The normalized spacial score (nSPS) is 11.5. The highest BCUT2D eigenvalue weighted by molar-refractivity contribution is 5.92. The number of imidazole rings is 1. The van der Waals surface area contributed by atoms with Gasteiger partial charge in [0.2, 0.25) is 0 Å². The average molecular weight is 503 g/mol. The molecule has 11 heteroatoms. The molecule has 1 aromatic heterocycles. The van der Waals surface area contributed by atoms with E-state index in [0.717, 1.165) is 6.07 Å². The summed E-state index contributed by atoms with van der Waals surface area (Å²) in [6.07, 6.45) is -3.92. The zero-order valence-electron chi connectivity index (χ0n) is 19.2. The molecule has 7 nitrogen and oxygen atoms in total. The fraction of sp³-hybridized carbons (Fsp3) is 0.200. The van der Waals surface area contributed by atoms with Crippen LogP contribution in [0.2, 0.25) is 0 Å². The minimum atomic E-state index is -4.34. The number of aromatic carboxylic acids is 1. The van der Waals surface area contributed by atoms with Crippen molar-refractivity contribution in [2.75, 3.05) is 19.0 Å². The number of fused-ring (bicyclic) bond motifs is 1. The quantitative estimate of drug-likeness (QED) is 0.273. The van der Waals surface area contributed by atoms with E-state index in [1.54, 1.807) is 29.7 Å². The van der Waals surface area contributed by atoms with Crippen LogP contribution in [0.5, 0.6) is 17.2 Å². The zero-order valence-corrected chi connectivity index (χ0v) is 19.2. The van der Waals surface area contributed by atoms with E-state index >= 15 is 0 Å². The van der Waals surface area contributed by atoms with Crippen LogP contribution in [0, 0.1) is 12.7 Å². The number of benzene rings is 3. The van der Waals surface area contributed by atoms with Gasteiger partial charge < -0.3 is 19.9 Å². The van der Waals surface area contributed by atoms with Crippen LogP contribution in [-0.4, -0.2) is 40.5 Å². The number of hydrogen-bond donors (Lipinski definition) is 2. The molecular weight excluding hydrogens is 482 g/mol. The first-order chi connectivity index (χ1) is 17.1. The Morgan fingerprint density at radius 1 is 1.11 bits per heavy atom. The van der Waals surface area contributed by atoms with Gasteiger partial charge in [0.1, 0.15) is 23.3 Å². The Morgan fingerprint density at radius 2 is 1.89 bits per heavy atom. The van der Waals surface area contributed by atoms with Crippen LogP contribution in [0.1, 0.15) is 22.3 Å². The molecule has 36 heavy (non-hydrogen) atoms. The molecule has 0 aliphatic heterocycles. The number of ether oxygens (including phenoxy) is 2. The maximum Gasteiger partial charge on any atom is 0.390 e. The van der Waals surface area contributed by atoms with Crippen molar-refractivity contribution < 1.29 is 36.9 Å². The van der Waals surface area contributed by atoms with E-state index in [-0.39, 0.29) is 22.8 Å². The van der Waals surface area contributed by atoms with Crippen LogP contribution in [0.3, 0.4) is 0 Å². The summed E-state index contributed by atoms with van der Waals surface area (Å²) in [5, 5.41) is 12.1. The Bertz CT molecular complexity index is 1430. The molecule has 0 saturated heterocycles. The van der Waals surface area contributed by atoms with Crippen LogP contribution in [-0.2, 0) is 0 Å². The summed E-state index contributed by atoms with van der Waals surface area (Å²) in [6.45, 7) is 1.27. The molecule has 4 rings (SSSR count). The predicted octanol–water partition coefficient (Wildman–Crippen LogP) is 6.34. The highest BCUT2D eigenvalue weighted by Gasteiger charge is 2.26. The fourth-order valence-corrected chi connectivity index (χ4v) is 3.71. The Hall–Kier alpha value is -4.28. The molecule has 0 fully saturated rings. The van der Waals surface area contributed by atoms with E-state index < -0.39 is 30.9 Å². The topological polar surface area (TPSA) is 85.6 Å². The number of alkyl halides is 3. The molecule has 0 amide bonds. The molecule has 3 aromatic carbocycles. The highest BCUT2D eigenvalue weighted by Crippen LogP contribution is 2.34. The number of aryl methyl sites for hydroxylation is 1. The lowest BCUT2D eigenvalue weighted by molar-refractivity contribution is -0.131. The van der Waals surface area contributed by atoms with E-state index in [2.05, 4.69) is 10.3 Å². The Kier molecular flexibility index (Phi) is 6.73. The lowest BCUT2D eigenvalue weighted by atomic mass is 10.1. The summed E-state index contributed by atoms with van der Waals surface area (Å²) in [6, 6.07) is 11.8. The van der Waals surface area contributed by atoms with Gasteiger partial charge in [0.25, 0.3) is 0 Å². The number of hydrogen-bond acceptors (Lipinski definition) is 5. The third-order valence-corrected chi connectivity index (χ3v) is 5.43. The predicted molar refractivity (Wildman–Crippen MR) is 125 cm³/mol. The molecule has 0 bridgehead atoms. The molecule has 1 heterocycles. The number of anilines is 1. The third kappa shape index (κ3) is 5.35. The highest BCUT2D eigenvalue weighted by atomic mass is 19.4. The first kappa shape index (κ1) is 24.8. The van der Waals surface area contributed by atoms with Crippen LogP contribution in [0.25, 0.3) is 16.7 Å². The molecule has 4 aromatic rings. The minimum absolute atomic E-state index is 0.0329. The van der Waals surface area contributed by atoms with E-state index in [9.17, 15) is 27.5 Å². The summed E-state index contributed by atoms with van der Waals surface area (Å²) in [7, 11) is 1.33. The number of carboxylic acids is 1. The SMILES string of the molecule is COc1ccc(Oc2cc(NCCC(F)(F)F)c3ncn(-c4ccc(C(=O)O)c(C)c4)c3c2)cc1F. The smallest absolute Gasteiger partial charge is 0.390 e. The van der Waals surface area contributed by atoms with Gasteiger partial charge in [0.15, 0.2) is 11.6 Å². The molecular formula is C25H21F4N3O4. The van der Waals surface area contributed by atoms with E-state index in [4.69, 9.17) is 9.47 Å². The van der Waals surface area contributed by atoms with Crippen molar-refractivity contribution in [2.45, 2.75) is 19.5 Å². The van der Waals surface area contributed by atoms with Gasteiger partial charge >= 0.3 is 12.1 Å². The number of aromatic nitrogens is 2. The van der Waals surface area contributed by atoms with Crippen LogP contribution < -0.4 is 14.8 Å². The van der Waals surface area contributed by atoms with Crippen molar-refractivity contribution >= 4 is 22.7 Å². The molecule has 0 aliphatic carbocycles. The maximum absolute atomic E-state index is 14.1. The monoisotopic (exact) mass is 503 g/mol. The van der Waals surface area contributed by atoms with Crippen molar-refractivity contribution in [3.8, 4) is 22.9 Å². The average Bonchev–Trinajstić information content (AvgIpc) is 3.22. The molecule has 2 N–H and O–H groups in total. The molecule has 0 aliphatic rings. The Labute approximate surface area is 202 Å². The largest absolute Gasteiger partial charge is 0.494 e. The maximum atomic E-state index is 14.1. The third-order valence-electron chi connectivity index (χ3n) is 5.43. The van der Waals surface area contributed by atoms with Gasteiger partial charge in [0.05, 0.1) is 30.3 Å². The standard InChI is InChI=1S/C25H21F4N3O4/c1-14-9-15(3-5-18(14)24(33)34)32-13-31-23-20(30-8-7-25(27,28)29)11-17(12-21(23)32)36-16-4-6-22(35-2)19(26)10-16/h3-6,9-13,30H,7-8H2,1-2H3,(H,33,34). The van der Waals surface area contributed by atoms with Crippen molar-refractivity contribution in [3.05, 3.63) is 71.8 Å². The number of carbonyl (C=O) groups is 1. The van der Waals surface area contributed by atoms with Crippen molar-refractivity contribution in [2.24, 2.45) is 0 Å². The number of carboxylic acid groups (broad SMARTS) is 1. The molecule has 0 radical (unpaired) electrons. The second-order valence-electron chi connectivity index (χ2n) is 7.95. The minimum Gasteiger partial charge on any atom is -0.494 e. The van der Waals surface area contributed by atoms with Gasteiger partial charge in [-0.25, -0.2) is 14.2 Å². The summed E-state index contributed by atoms with van der Waals surface area (Å²) in [4.78, 5) is 15.7. The fourth-order valence-electron chi connectivity index (χ4n) is 3.71. The Morgan fingerprint density at radius 3 is 2.53 bits per heavy atom. The second-order valence-corrected chi connectivity index (χ2v) is 7.95. The van der Waals surface area contributed by atoms with Gasteiger partial charge in [-0.15, -0.1) is 0 Å². The number of halogens is 4. The van der Waals surface area contributed by atoms with E-state index in [1.807, 2.05) is 0 Å². The van der Waals surface area contributed by atoms with Gasteiger partial charge in [-0.1, -0.05) is 0 Å². The van der Waals surface area contributed by atoms with Crippen LogP contribution in [0.15, 0.2) is 54.9 Å². The molecule has 188 valence electrons. The van der Waals surface area contributed by atoms with Crippen molar-refractivity contribution in [3.63, 3.8) is 0 Å². The van der Waals surface area contributed by atoms with Crippen molar-refractivity contribution in [1.82, 2.24) is 9.55 Å². The van der Waals surface area contributed by atoms with E-state index in [0.29, 0.717) is 28.0 Å². The zero-order chi connectivity index (χ0) is 26.0. The molecule has 0 unspecified atom stereocenters. The van der Waals surface area contributed by atoms with Gasteiger partial charge in [-0.2, -0.15) is 13.2 Å². The van der Waals surface area contributed by atoms with Gasteiger partial charge in [-0.3, -0.25) is 4.57 Å². The summed E-state index contributed by atoms with van der Waals surface area (Å²) in [5.41, 5.74) is 2.41. The Balaban J connectivity index is 1.77. The summed E-state index contributed by atoms with van der Waals surface area (Å²) in [5.74, 6) is -1.29. The number of methoxy groups -OCH3 is 1. The lowest BCUT2D eigenvalue weighted by Crippen LogP contribution is -2.14. The van der Waals surface area contributed by atoms with Crippen LogP contribution >= 0.6 is 0 Å². The summed E-state index contributed by atoms with van der Waals surface area (Å²) < 4.78 is 64.7.